The van der Waals surface area contributed by atoms with Gasteiger partial charge in [0.05, 0.1) is 5.56 Å². The molecule has 2 aromatic rings. The summed E-state index contributed by atoms with van der Waals surface area (Å²) in [5.41, 5.74) is 9.01. The van der Waals surface area contributed by atoms with Gasteiger partial charge in [0.15, 0.2) is 0 Å². The lowest BCUT2D eigenvalue weighted by Crippen LogP contribution is -2.17. The Morgan fingerprint density at radius 1 is 1.29 bits per heavy atom. The molecule has 1 unspecified atom stereocenters. The van der Waals surface area contributed by atoms with Crippen molar-refractivity contribution in [3.8, 4) is 0 Å². The molecule has 2 aromatic carbocycles. The highest BCUT2D eigenvalue weighted by atomic mass is 32.2. The lowest BCUT2D eigenvalue weighted by Gasteiger charge is -2.12. The fraction of sp³-hybridized carbons (Fsp3) is 0.235. The Morgan fingerprint density at radius 2 is 2.10 bits per heavy atom. The molecule has 1 aliphatic rings. The topological polar surface area (TPSA) is 52.3 Å². The molecule has 2 N–H and O–H groups in total. The van der Waals surface area contributed by atoms with Crippen molar-refractivity contribution in [1.29, 1.82) is 0 Å². The maximum Gasteiger partial charge on any atom is 0.340 e. The van der Waals surface area contributed by atoms with Crippen LogP contribution < -0.4 is 5.73 Å². The van der Waals surface area contributed by atoms with Crippen molar-refractivity contribution in [2.24, 2.45) is 0 Å². The number of aryl methyl sites for hydroxylation is 1. The first-order valence-corrected chi connectivity index (χ1v) is 7.80. The van der Waals surface area contributed by atoms with Crippen LogP contribution in [0.2, 0.25) is 0 Å². The molecular weight excluding hydrogens is 282 g/mol. The molecule has 0 radical (unpaired) electrons. The Hall–Kier alpha value is -1.94. The minimum Gasteiger partial charge on any atom is -0.461 e. The second-order valence-electron chi connectivity index (χ2n) is 5.19. The zero-order valence-electron chi connectivity index (χ0n) is 11.8. The normalized spacial score (nSPS) is 16.5. The van der Waals surface area contributed by atoms with Gasteiger partial charge in [-0.1, -0.05) is 30.3 Å². The molecule has 4 heteroatoms. The zero-order chi connectivity index (χ0) is 14.8. The Bertz CT molecular complexity index is 639. The van der Waals surface area contributed by atoms with Gasteiger partial charge in [-0.3, -0.25) is 0 Å². The fourth-order valence-electron chi connectivity index (χ4n) is 2.56. The van der Waals surface area contributed by atoms with E-state index in [1.54, 1.807) is 17.8 Å². The third kappa shape index (κ3) is 2.90. The van der Waals surface area contributed by atoms with E-state index in [9.17, 15) is 4.79 Å². The van der Waals surface area contributed by atoms with Gasteiger partial charge in [0, 0.05) is 15.8 Å². The smallest absolute Gasteiger partial charge is 0.340 e. The number of hydrogen-bond donors (Lipinski definition) is 1. The summed E-state index contributed by atoms with van der Waals surface area (Å²) in [6, 6.07) is 13.8. The van der Waals surface area contributed by atoms with Gasteiger partial charge in [-0.15, -0.1) is 11.8 Å². The average molecular weight is 299 g/mol. The maximum absolute atomic E-state index is 12.2. The number of nitrogens with two attached hydrogens (primary N) is 1. The molecular formula is C17H17NO2S. The summed E-state index contributed by atoms with van der Waals surface area (Å²) in [6.07, 6.45) is 0.942. The van der Waals surface area contributed by atoms with E-state index in [4.69, 9.17) is 10.5 Å². The molecule has 21 heavy (non-hydrogen) atoms. The van der Waals surface area contributed by atoms with Gasteiger partial charge in [-0.25, -0.2) is 4.79 Å². The Morgan fingerprint density at radius 3 is 2.86 bits per heavy atom. The van der Waals surface area contributed by atoms with Gasteiger partial charge in [-0.2, -0.15) is 0 Å². The zero-order valence-corrected chi connectivity index (χ0v) is 12.7. The number of rotatable bonds is 3. The maximum atomic E-state index is 12.2. The van der Waals surface area contributed by atoms with Crippen molar-refractivity contribution in [3.63, 3.8) is 0 Å². The molecule has 0 saturated heterocycles. The Labute approximate surface area is 128 Å². The summed E-state index contributed by atoms with van der Waals surface area (Å²) in [7, 11) is 0. The molecule has 108 valence electrons. The van der Waals surface area contributed by atoms with Crippen molar-refractivity contribution in [2.75, 3.05) is 12.3 Å². The molecule has 0 fully saturated rings. The number of esters is 1. The Balaban J connectivity index is 1.63. The van der Waals surface area contributed by atoms with Crippen LogP contribution in [0.4, 0.5) is 5.69 Å². The SMILES string of the molecule is Cc1cccc(N)c1C(=O)OCC1Cc2ccccc2S1. The van der Waals surface area contributed by atoms with Crippen LogP contribution in [0.5, 0.6) is 0 Å². The molecule has 0 saturated carbocycles. The summed E-state index contributed by atoms with van der Waals surface area (Å²) < 4.78 is 5.47. The Kier molecular flexibility index (Phi) is 3.88. The quantitative estimate of drug-likeness (QED) is 0.696. The third-order valence-corrected chi connectivity index (χ3v) is 4.91. The monoisotopic (exact) mass is 299 g/mol. The predicted molar refractivity (Wildman–Crippen MR) is 85.7 cm³/mol. The standard InChI is InChI=1S/C17H17NO2S/c1-11-5-4-7-14(18)16(11)17(19)20-10-13-9-12-6-2-3-8-15(12)21-13/h2-8,13H,9-10,18H2,1H3. The van der Waals surface area contributed by atoms with Crippen molar-refractivity contribution < 1.29 is 9.53 Å². The highest BCUT2D eigenvalue weighted by Gasteiger charge is 2.24. The first kappa shape index (κ1) is 14.0. The van der Waals surface area contributed by atoms with E-state index >= 15 is 0 Å². The van der Waals surface area contributed by atoms with E-state index in [0.717, 1.165) is 12.0 Å². The van der Waals surface area contributed by atoms with E-state index in [1.807, 2.05) is 31.2 Å². The third-order valence-electron chi connectivity index (χ3n) is 3.62. The summed E-state index contributed by atoms with van der Waals surface area (Å²) in [6.45, 7) is 2.28. The predicted octanol–water partition coefficient (Wildman–Crippen LogP) is 3.45. The van der Waals surface area contributed by atoms with Crippen LogP contribution in [0.25, 0.3) is 0 Å². The van der Waals surface area contributed by atoms with Crippen LogP contribution in [-0.2, 0) is 11.2 Å². The molecule has 3 nitrogen and oxygen atoms in total. The molecule has 0 aromatic heterocycles. The van der Waals surface area contributed by atoms with E-state index in [1.165, 1.54) is 10.5 Å². The number of fused-ring (bicyclic) bond motifs is 1. The number of ether oxygens (including phenoxy) is 1. The molecule has 1 heterocycles. The number of thioether (sulfide) groups is 1. The van der Waals surface area contributed by atoms with Gasteiger partial charge >= 0.3 is 5.97 Å². The van der Waals surface area contributed by atoms with E-state index in [2.05, 4.69) is 12.1 Å². The minimum atomic E-state index is -0.331. The van der Waals surface area contributed by atoms with Gasteiger partial charge in [0.2, 0.25) is 0 Å². The number of hydrogen-bond acceptors (Lipinski definition) is 4. The molecule has 1 atom stereocenters. The molecule has 0 aliphatic carbocycles. The van der Waals surface area contributed by atoms with Gasteiger partial charge in [0.1, 0.15) is 6.61 Å². The lowest BCUT2D eigenvalue weighted by atomic mass is 10.1. The molecule has 0 bridgehead atoms. The van der Waals surface area contributed by atoms with Crippen LogP contribution in [0.15, 0.2) is 47.4 Å². The summed E-state index contributed by atoms with van der Waals surface area (Å²) in [5.74, 6) is -0.331. The van der Waals surface area contributed by atoms with E-state index in [0.29, 0.717) is 17.9 Å². The van der Waals surface area contributed by atoms with E-state index < -0.39 is 0 Å². The molecule has 3 rings (SSSR count). The van der Waals surface area contributed by atoms with Crippen molar-refractivity contribution >= 4 is 23.4 Å². The number of carbonyl (C=O) groups excluding carboxylic acids is 1. The van der Waals surface area contributed by atoms with Crippen LogP contribution in [0, 0.1) is 6.92 Å². The van der Waals surface area contributed by atoms with E-state index in [-0.39, 0.29) is 11.2 Å². The minimum absolute atomic E-state index is 0.289. The summed E-state index contributed by atoms with van der Waals surface area (Å²) in [5, 5.41) is 0.289. The summed E-state index contributed by atoms with van der Waals surface area (Å²) >= 11 is 1.77. The van der Waals surface area contributed by atoms with Crippen molar-refractivity contribution in [3.05, 3.63) is 59.2 Å². The van der Waals surface area contributed by atoms with Gasteiger partial charge < -0.3 is 10.5 Å². The number of nitrogen functional groups attached to an aromatic ring is 1. The van der Waals surface area contributed by atoms with Gasteiger partial charge in [-0.05, 0) is 36.6 Å². The van der Waals surface area contributed by atoms with Gasteiger partial charge in [0.25, 0.3) is 0 Å². The van der Waals surface area contributed by atoms with Crippen LogP contribution >= 0.6 is 11.8 Å². The lowest BCUT2D eigenvalue weighted by molar-refractivity contribution is 0.0507. The van der Waals surface area contributed by atoms with Crippen LogP contribution in [-0.4, -0.2) is 17.8 Å². The van der Waals surface area contributed by atoms with Crippen LogP contribution in [0.3, 0.4) is 0 Å². The first-order valence-electron chi connectivity index (χ1n) is 6.92. The molecule has 1 aliphatic heterocycles. The largest absolute Gasteiger partial charge is 0.461 e. The average Bonchev–Trinajstić information content (AvgIpc) is 2.87. The number of benzene rings is 2. The molecule has 0 amide bonds. The van der Waals surface area contributed by atoms with Crippen molar-refractivity contribution in [1.82, 2.24) is 0 Å². The fourth-order valence-corrected chi connectivity index (χ4v) is 3.77. The second kappa shape index (κ2) is 5.82. The number of anilines is 1. The van der Waals surface area contributed by atoms with Crippen molar-refractivity contribution in [2.45, 2.75) is 23.5 Å². The first-order chi connectivity index (χ1) is 10.1. The number of carbonyl (C=O) groups is 1. The highest BCUT2D eigenvalue weighted by Crippen LogP contribution is 2.36. The molecule has 0 spiro atoms. The summed E-state index contributed by atoms with van der Waals surface area (Å²) in [4.78, 5) is 13.5. The second-order valence-corrected chi connectivity index (χ2v) is 6.53. The van der Waals surface area contributed by atoms with Crippen LogP contribution in [0.1, 0.15) is 21.5 Å². The highest BCUT2D eigenvalue weighted by molar-refractivity contribution is 8.00.